The second-order valence-corrected chi connectivity index (χ2v) is 6.31. The van der Waals surface area contributed by atoms with Gasteiger partial charge in [0, 0.05) is 26.2 Å². The third-order valence-corrected chi connectivity index (χ3v) is 4.67. The predicted octanol–water partition coefficient (Wildman–Crippen LogP) is 3.73. The third-order valence-electron chi connectivity index (χ3n) is 4.67. The highest BCUT2D eigenvalue weighted by atomic mass is 19.4. The zero-order valence-electron chi connectivity index (χ0n) is 14.5. The van der Waals surface area contributed by atoms with Crippen molar-refractivity contribution in [1.82, 2.24) is 9.80 Å². The van der Waals surface area contributed by atoms with E-state index in [0.29, 0.717) is 13.1 Å². The van der Waals surface area contributed by atoms with E-state index in [1.165, 1.54) is 23.1 Å². The molecule has 0 bridgehead atoms. The lowest BCUT2D eigenvalue weighted by Gasteiger charge is -2.37. The van der Waals surface area contributed by atoms with Crippen molar-refractivity contribution < 1.29 is 18.0 Å². The molecule has 0 aliphatic carbocycles. The molecule has 1 aliphatic heterocycles. The number of rotatable bonds is 3. The zero-order valence-corrected chi connectivity index (χ0v) is 14.5. The van der Waals surface area contributed by atoms with Gasteiger partial charge in [-0.15, -0.1) is 0 Å². The fourth-order valence-electron chi connectivity index (χ4n) is 3.27. The van der Waals surface area contributed by atoms with Gasteiger partial charge in [-0.2, -0.15) is 18.4 Å². The van der Waals surface area contributed by atoms with Gasteiger partial charge < -0.3 is 4.90 Å². The fraction of sp³-hybridized carbons (Fsp3) is 0.300. The highest BCUT2D eigenvalue weighted by Crippen LogP contribution is 2.32. The number of nitrogens with zero attached hydrogens (tertiary/aromatic N) is 3. The Bertz CT molecular complexity index is 838. The van der Waals surface area contributed by atoms with Crippen molar-refractivity contribution in [1.29, 1.82) is 5.26 Å². The topological polar surface area (TPSA) is 47.3 Å². The number of halogens is 3. The van der Waals surface area contributed by atoms with Crippen LogP contribution in [0.2, 0.25) is 0 Å². The van der Waals surface area contributed by atoms with Crippen LogP contribution in [-0.4, -0.2) is 41.9 Å². The molecule has 7 heteroatoms. The maximum Gasteiger partial charge on any atom is 0.417 e. The van der Waals surface area contributed by atoms with Crippen molar-refractivity contribution >= 4 is 5.91 Å². The van der Waals surface area contributed by atoms with Crippen LogP contribution in [0.3, 0.4) is 0 Å². The molecular weight excluding hydrogens is 355 g/mol. The molecule has 0 saturated carbocycles. The van der Waals surface area contributed by atoms with E-state index in [1.807, 2.05) is 35.2 Å². The Morgan fingerprint density at radius 3 is 2.15 bits per heavy atom. The molecule has 1 saturated heterocycles. The van der Waals surface area contributed by atoms with E-state index >= 15 is 0 Å². The first kappa shape index (κ1) is 18.9. The van der Waals surface area contributed by atoms with Crippen LogP contribution in [-0.2, 0) is 6.18 Å². The maximum absolute atomic E-state index is 13.2. The molecule has 0 aromatic heterocycles. The lowest BCUT2D eigenvalue weighted by Crippen LogP contribution is -2.49. The van der Waals surface area contributed by atoms with Crippen molar-refractivity contribution in [3.63, 3.8) is 0 Å². The molecule has 4 nitrogen and oxygen atoms in total. The summed E-state index contributed by atoms with van der Waals surface area (Å²) in [7, 11) is 0. The first-order chi connectivity index (χ1) is 12.9. The van der Waals surface area contributed by atoms with E-state index in [-0.39, 0.29) is 18.7 Å². The number of alkyl halides is 3. The largest absolute Gasteiger partial charge is 0.417 e. The molecule has 140 valence electrons. The van der Waals surface area contributed by atoms with Crippen LogP contribution in [0, 0.1) is 11.3 Å². The minimum Gasteiger partial charge on any atom is -0.336 e. The number of hydrogen-bond acceptors (Lipinski definition) is 3. The van der Waals surface area contributed by atoms with Crippen LogP contribution in [0.15, 0.2) is 54.6 Å². The molecule has 1 fully saturated rings. The lowest BCUT2D eigenvalue weighted by molar-refractivity contribution is -0.138. The molecule has 1 aliphatic rings. The molecule has 3 rings (SSSR count). The van der Waals surface area contributed by atoms with Gasteiger partial charge in [0.2, 0.25) is 0 Å². The smallest absolute Gasteiger partial charge is 0.336 e. The van der Waals surface area contributed by atoms with Crippen molar-refractivity contribution in [2.75, 3.05) is 26.2 Å². The molecule has 0 spiro atoms. The van der Waals surface area contributed by atoms with Crippen LogP contribution in [0.4, 0.5) is 13.2 Å². The third kappa shape index (κ3) is 4.12. The Morgan fingerprint density at radius 2 is 1.56 bits per heavy atom. The van der Waals surface area contributed by atoms with Gasteiger partial charge in [-0.05, 0) is 17.7 Å². The van der Waals surface area contributed by atoms with E-state index in [4.69, 9.17) is 0 Å². The number of benzene rings is 2. The molecule has 0 radical (unpaired) electrons. The summed E-state index contributed by atoms with van der Waals surface area (Å²) in [5.41, 5.74) is -0.392. The predicted molar refractivity (Wildman–Crippen MR) is 93.7 cm³/mol. The first-order valence-corrected chi connectivity index (χ1v) is 8.56. The summed E-state index contributed by atoms with van der Waals surface area (Å²) in [4.78, 5) is 16.0. The summed E-state index contributed by atoms with van der Waals surface area (Å²) in [6.45, 7) is 1.40. The first-order valence-electron chi connectivity index (χ1n) is 8.56. The number of carbonyl (C=O) groups excluding carboxylic acids is 1. The van der Waals surface area contributed by atoms with Gasteiger partial charge in [0.25, 0.3) is 5.91 Å². The summed E-state index contributed by atoms with van der Waals surface area (Å²) in [5, 5.41) is 9.51. The van der Waals surface area contributed by atoms with Crippen molar-refractivity contribution in [2.24, 2.45) is 0 Å². The van der Waals surface area contributed by atoms with Crippen LogP contribution >= 0.6 is 0 Å². The Balaban J connectivity index is 1.71. The monoisotopic (exact) mass is 373 g/mol. The standard InChI is InChI=1S/C20H18F3N3O/c21-20(22,23)17-9-5-4-8-16(17)19(27)26-12-10-25(11-13-26)18(14-24)15-6-2-1-3-7-15/h1-9,18H,10-13H2/t18-/m1/s1. The normalized spacial score (nSPS) is 16.6. The van der Waals surface area contributed by atoms with E-state index in [0.717, 1.165) is 11.6 Å². The lowest BCUT2D eigenvalue weighted by atomic mass is 10.0. The van der Waals surface area contributed by atoms with E-state index in [9.17, 15) is 23.2 Å². The molecule has 27 heavy (non-hydrogen) atoms. The van der Waals surface area contributed by atoms with Gasteiger partial charge in [0.05, 0.1) is 17.2 Å². The van der Waals surface area contributed by atoms with Gasteiger partial charge in [-0.3, -0.25) is 9.69 Å². The van der Waals surface area contributed by atoms with Crippen LogP contribution < -0.4 is 0 Å². The van der Waals surface area contributed by atoms with E-state index < -0.39 is 23.7 Å². The second-order valence-electron chi connectivity index (χ2n) is 6.31. The van der Waals surface area contributed by atoms with Gasteiger partial charge in [0.15, 0.2) is 0 Å². The maximum atomic E-state index is 13.2. The Morgan fingerprint density at radius 1 is 0.963 bits per heavy atom. The van der Waals surface area contributed by atoms with Crippen LogP contribution in [0.1, 0.15) is 27.5 Å². The van der Waals surface area contributed by atoms with Crippen LogP contribution in [0.5, 0.6) is 0 Å². The number of hydrogen-bond donors (Lipinski definition) is 0. The highest BCUT2D eigenvalue weighted by molar-refractivity contribution is 5.96. The summed E-state index contributed by atoms with van der Waals surface area (Å²) < 4.78 is 39.5. The molecule has 2 aromatic carbocycles. The Kier molecular flexibility index (Phi) is 5.47. The number of piperazine rings is 1. The fourth-order valence-corrected chi connectivity index (χ4v) is 3.27. The second kappa shape index (κ2) is 7.80. The minimum atomic E-state index is -4.58. The van der Waals surface area contributed by atoms with Gasteiger partial charge >= 0.3 is 6.18 Å². The molecule has 0 N–H and O–H groups in total. The molecule has 2 aromatic rings. The number of amides is 1. The summed E-state index contributed by atoms with van der Waals surface area (Å²) in [5.74, 6) is -0.629. The van der Waals surface area contributed by atoms with Gasteiger partial charge in [-0.25, -0.2) is 0 Å². The average molecular weight is 373 g/mol. The molecule has 1 heterocycles. The van der Waals surface area contributed by atoms with Gasteiger partial charge in [-0.1, -0.05) is 42.5 Å². The average Bonchev–Trinajstić information content (AvgIpc) is 2.69. The summed E-state index contributed by atoms with van der Waals surface area (Å²) in [6, 6.07) is 16.0. The quantitative estimate of drug-likeness (QED) is 0.824. The van der Waals surface area contributed by atoms with Crippen molar-refractivity contribution in [3.8, 4) is 6.07 Å². The van der Waals surface area contributed by atoms with Crippen molar-refractivity contribution in [2.45, 2.75) is 12.2 Å². The minimum absolute atomic E-state index is 0.274. The number of carbonyl (C=O) groups is 1. The Labute approximate surface area is 155 Å². The molecule has 0 unspecified atom stereocenters. The van der Waals surface area contributed by atoms with Gasteiger partial charge in [0.1, 0.15) is 6.04 Å². The van der Waals surface area contributed by atoms with Crippen molar-refractivity contribution in [3.05, 3.63) is 71.3 Å². The summed E-state index contributed by atoms with van der Waals surface area (Å²) in [6.07, 6.45) is -4.58. The van der Waals surface area contributed by atoms with E-state index in [1.54, 1.807) is 0 Å². The highest BCUT2D eigenvalue weighted by Gasteiger charge is 2.36. The number of nitriles is 1. The molecule has 1 atom stereocenters. The molecular formula is C20H18F3N3O. The summed E-state index contributed by atoms with van der Waals surface area (Å²) >= 11 is 0. The SMILES string of the molecule is N#C[C@H](c1ccccc1)N1CCN(C(=O)c2ccccc2C(F)(F)F)CC1. The van der Waals surface area contributed by atoms with Crippen LogP contribution in [0.25, 0.3) is 0 Å². The molecule has 1 amide bonds. The van der Waals surface area contributed by atoms with E-state index in [2.05, 4.69) is 6.07 Å². The Hall–Kier alpha value is -2.85. The zero-order chi connectivity index (χ0) is 19.4.